The number of hydrogen-bond acceptors (Lipinski definition) is 5. The Bertz CT molecular complexity index is 895. The van der Waals surface area contributed by atoms with E-state index in [4.69, 9.17) is 4.74 Å². The fraction of sp³-hybridized carbons (Fsp3) is 0.278. The first-order chi connectivity index (χ1) is 12.5. The molecule has 0 saturated carbocycles. The van der Waals surface area contributed by atoms with Crippen LogP contribution in [0.25, 0.3) is 0 Å². The number of fused-ring (bicyclic) bond motifs is 1. The second kappa shape index (κ2) is 7.67. The maximum Gasteiger partial charge on any atom is 0.309 e. The molecule has 5 nitrogen and oxygen atoms in total. The molecule has 8 heteroatoms. The smallest absolute Gasteiger partial charge is 0.309 e. The predicted octanol–water partition coefficient (Wildman–Crippen LogP) is 3.34. The van der Waals surface area contributed by atoms with Gasteiger partial charge in [0.15, 0.2) is 5.78 Å². The number of carbonyl (C=O) groups is 3. The van der Waals surface area contributed by atoms with Crippen molar-refractivity contribution in [3.63, 3.8) is 0 Å². The largest absolute Gasteiger partial charge is 0.469 e. The minimum Gasteiger partial charge on any atom is -0.469 e. The summed E-state index contributed by atoms with van der Waals surface area (Å²) >= 11 is 4.32. The number of anilines is 1. The van der Waals surface area contributed by atoms with Gasteiger partial charge < -0.3 is 10.1 Å². The molecule has 136 valence electrons. The zero-order valence-electron chi connectivity index (χ0n) is 13.8. The number of benzene rings is 1. The standard InChI is InChI=1S/C18H15BrFNO4S/c1-25-18(24)9-6-11-13(7-9)26-17(21-14(22)8-19)15(11)16(23)10-4-2-3-5-12(10)20/h2-5,9H,6-8H2,1H3,(H,21,22). The minimum atomic E-state index is -0.627. The van der Waals surface area contributed by atoms with Crippen LogP contribution in [-0.4, -0.2) is 30.1 Å². The van der Waals surface area contributed by atoms with Crippen molar-refractivity contribution in [3.8, 4) is 0 Å². The van der Waals surface area contributed by atoms with Gasteiger partial charge >= 0.3 is 5.97 Å². The summed E-state index contributed by atoms with van der Waals surface area (Å²) in [5.41, 5.74) is 0.878. The zero-order valence-corrected chi connectivity index (χ0v) is 16.2. The van der Waals surface area contributed by atoms with E-state index in [9.17, 15) is 18.8 Å². The number of carbonyl (C=O) groups excluding carboxylic acids is 3. The van der Waals surface area contributed by atoms with Crippen LogP contribution in [0.5, 0.6) is 0 Å². The fourth-order valence-electron chi connectivity index (χ4n) is 3.04. The van der Waals surface area contributed by atoms with Crippen molar-refractivity contribution in [3.05, 3.63) is 51.7 Å². The van der Waals surface area contributed by atoms with Gasteiger partial charge in [-0.3, -0.25) is 14.4 Å². The third-order valence-corrected chi connectivity index (χ3v) is 5.91. The number of amides is 1. The number of nitrogens with one attached hydrogen (secondary N) is 1. The van der Waals surface area contributed by atoms with Gasteiger partial charge in [-0.25, -0.2) is 4.39 Å². The lowest BCUT2D eigenvalue weighted by molar-refractivity contribution is -0.145. The number of thiophene rings is 1. The molecule has 3 rings (SSSR count). The van der Waals surface area contributed by atoms with Gasteiger partial charge in [0, 0.05) is 4.88 Å². The number of hydrogen-bond donors (Lipinski definition) is 1. The summed E-state index contributed by atoms with van der Waals surface area (Å²) in [7, 11) is 1.32. The molecule has 2 aromatic rings. The van der Waals surface area contributed by atoms with E-state index in [0.717, 1.165) is 4.88 Å². The van der Waals surface area contributed by atoms with Gasteiger partial charge in [0.25, 0.3) is 0 Å². The molecule has 1 aliphatic rings. The maximum absolute atomic E-state index is 14.1. The molecule has 0 fully saturated rings. The summed E-state index contributed by atoms with van der Waals surface area (Å²) in [5, 5.41) is 3.15. The number of ether oxygens (including phenoxy) is 1. The number of ketones is 1. The van der Waals surface area contributed by atoms with E-state index in [1.807, 2.05) is 0 Å². The lowest BCUT2D eigenvalue weighted by Crippen LogP contribution is -2.18. The number of alkyl halides is 1. The zero-order chi connectivity index (χ0) is 18.8. The number of rotatable bonds is 5. The van der Waals surface area contributed by atoms with Crippen molar-refractivity contribution in [1.29, 1.82) is 0 Å². The van der Waals surface area contributed by atoms with Crippen LogP contribution in [0.15, 0.2) is 24.3 Å². The number of halogens is 2. The first-order valence-electron chi connectivity index (χ1n) is 7.83. The Kier molecular flexibility index (Phi) is 5.52. The van der Waals surface area contributed by atoms with Gasteiger partial charge in [-0.15, -0.1) is 11.3 Å². The van der Waals surface area contributed by atoms with E-state index in [1.54, 1.807) is 6.07 Å². The van der Waals surface area contributed by atoms with Crippen LogP contribution in [0, 0.1) is 11.7 Å². The highest BCUT2D eigenvalue weighted by Crippen LogP contribution is 2.42. The van der Waals surface area contributed by atoms with Crippen LogP contribution in [0.2, 0.25) is 0 Å². The van der Waals surface area contributed by atoms with Crippen LogP contribution in [0.4, 0.5) is 9.39 Å². The molecular weight excluding hydrogens is 425 g/mol. The molecule has 0 bridgehead atoms. The van der Waals surface area contributed by atoms with E-state index < -0.39 is 11.6 Å². The van der Waals surface area contributed by atoms with Gasteiger partial charge in [0.1, 0.15) is 10.8 Å². The summed E-state index contributed by atoms with van der Waals surface area (Å²) in [4.78, 5) is 37.5. The Labute approximate surface area is 161 Å². The highest BCUT2D eigenvalue weighted by atomic mass is 79.9. The summed E-state index contributed by atoms with van der Waals surface area (Å²) in [6.07, 6.45) is 0.770. The van der Waals surface area contributed by atoms with Gasteiger partial charge in [-0.2, -0.15) is 0 Å². The Morgan fingerprint density at radius 3 is 2.69 bits per heavy atom. The van der Waals surface area contributed by atoms with Crippen molar-refractivity contribution in [2.45, 2.75) is 12.8 Å². The predicted molar refractivity (Wildman–Crippen MR) is 99.5 cm³/mol. The van der Waals surface area contributed by atoms with Crippen LogP contribution < -0.4 is 5.32 Å². The average Bonchev–Trinajstić information content (AvgIpc) is 3.18. The molecule has 1 N–H and O–H groups in total. The third kappa shape index (κ3) is 3.43. The van der Waals surface area contributed by atoms with Gasteiger partial charge in [0.2, 0.25) is 5.91 Å². The normalized spacial score (nSPS) is 15.4. The molecule has 1 unspecified atom stereocenters. The Hall–Kier alpha value is -2.06. The SMILES string of the molecule is COC(=O)C1Cc2sc(NC(=O)CBr)c(C(=O)c3ccccc3F)c2C1. The van der Waals surface area contributed by atoms with Crippen molar-refractivity contribution in [1.82, 2.24) is 0 Å². The molecular formula is C18H15BrFNO4S. The average molecular weight is 440 g/mol. The molecule has 0 saturated heterocycles. The summed E-state index contributed by atoms with van der Waals surface area (Å²) in [6.45, 7) is 0. The topological polar surface area (TPSA) is 72.5 Å². The quantitative estimate of drug-likeness (QED) is 0.440. The third-order valence-electron chi connectivity index (χ3n) is 4.23. The molecule has 0 radical (unpaired) electrons. The molecule has 1 heterocycles. The fourth-order valence-corrected chi connectivity index (χ4v) is 4.50. The van der Waals surface area contributed by atoms with E-state index in [0.29, 0.717) is 23.4 Å². The summed E-state index contributed by atoms with van der Waals surface area (Å²) in [6, 6.07) is 5.71. The van der Waals surface area contributed by atoms with E-state index in [-0.39, 0.29) is 34.3 Å². The van der Waals surface area contributed by atoms with Crippen LogP contribution >= 0.6 is 27.3 Å². The van der Waals surface area contributed by atoms with Crippen LogP contribution in [0.1, 0.15) is 26.4 Å². The maximum atomic E-state index is 14.1. The molecule has 1 aromatic heterocycles. The van der Waals surface area contributed by atoms with Crippen molar-refractivity contribution >= 4 is 49.9 Å². The van der Waals surface area contributed by atoms with Gasteiger partial charge in [-0.05, 0) is 30.5 Å². The molecule has 26 heavy (non-hydrogen) atoms. The molecule has 0 spiro atoms. The monoisotopic (exact) mass is 439 g/mol. The summed E-state index contributed by atoms with van der Waals surface area (Å²) < 4.78 is 18.9. The minimum absolute atomic E-state index is 0.0658. The van der Waals surface area contributed by atoms with E-state index in [2.05, 4.69) is 21.2 Å². The molecule has 1 aliphatic carbocycles. The van der Waals surface area contributed by atoms with Crippen molar-refractivity contribution in [2.24, 2.45) is 5.92 Å². The lowest BCUT2D eigenvalue weighted by Gasteiger charge is -2.10. The van der Waals surface area contributed by atoms with Gasteiger partial charge in [0.05, 0.1) is 29.5 Å². The highest BCUT2D eigenvalue weighted by Gasteiger charge is 2.36. The Balaban J connectivity index is 2.05. The highest BCUT2D eigenvalue weighted by molar-refractivity contribution is 9.09. The van der Waals surface area contributed by atoms with Crippen molar-refractivity contribution < 1.29 is 23.5 Å². The Morgan fingerprint density at radius 1 is 1.31 bits per heavy atom. The first-order valence-corrected chi connectivity index (χ1v) is 9.77. The number of methoxy groups -OCH3 is 1. The Morgan fingerprint density at radius 2 is 2.04 bits per heavy atom. The molecule has 1 aromatic carbocycles. The molecule has 1 amide bonds. The second-order valence-electron chi connectivity index (χ2n) is 5.83. The van der Waals surface area contributed by atoms with Crippen molar-refractivity contribution in [2.75, 3.05) is 17.8 Å². The molecule has 0 aliphatic heterocycles. The first kappa shape index (κ1) is 18.7. The van der Waals surface area contributed by atoms with Gasteiger partial charge in [-0.1, -0.05) is 28.1 Å². The van der Waals surface area contributed by atoms with E-state index >= 15 is 0 Å². The van der Waals surface area contributed by atoms with Crippen LogP contribution in [-0.2, 0) is 27.2 Å². The lowest BCUT2D eigenvalue weighted by atomic mass is 9.98. The van der Waals surface area contributed by atoms with Crippen LogP contribution in [0.3, 0.4) is 0 Å². The summed E-state index contributed by atoms with van der Waals surface area (Å²) in [5.74, 6) is -2.15. The molecule has 1 atom stereocenters. The second-order valence-corrected chi connectivity index (χ2v) is 7.49. The van der Waals surface area contributed by atoms with E-state index in [1.165, 1.54) is 36.6 Å². The number of esters is 1.